The van der Waals surface area contributed by atoms with Crippen molar-refractivity contribution in [2.75, 3.05) is 11.5 Å². The minimum absolute atomic E-state index is 0.0590. The molecule has 0 N–H and O–H groups in total. The van der Waals surface area contributed by atoms with Crippen molar-refractivity contribution in [1.82, 2.24) is 4.90 Å². The molecule has 2 saturated heterocycles. The van der Waals surface area contributed by atoms with E-state index in [4.69, 9.17) is 11.6 Å². The summed E-state index contributed by atoms with van der Waals surface area (Å²) in [4.78, 5) is 18.7. The summed E-state index contributed by atoms with van der Waals surface area (Å²) in [5.41, 5.74) is 1.63. The molecule has 0 bridgehead atoms. The lowest BCUT2D eigenvalue weighted by molar-refractivity contribution is -0.117. The molecule has 0 saturated carbocycles. The number of benzene rings is 2. The van der Waals surface area contributed by atoms with Gasteiger partial charge in [0.05, 0.1) is 24.0 Å². The highest BCUT2D eigenvalue weighted by molar-refractivity contribution is 8.15. The zero-order valence-corrected chi connectivity index (χ0v) is 17.7. The SMILES string of the molecule is O=C(Cc1ccc(F)cc1)N=C1S[C@H]2CS(=O)(=O)C[C@@H]2N1Cc1ccc(Cl)cc1. The molecule has 152 valence electrons. The molecular formula is C20H18ClFN2O3S2. The Kier molecular flexibility index (Phi) is 5.68. The molecule has 0 aliphatic carbocycles. The number of hydrogen-bond donors (Lipinski definition) is 0. The first-order valence-electron chi connectivity index (χ1n) is 9.03. The molecule has 2 heterocycles. The lowest BCUT2D eigenvalue weighted by Gasteiger charge is -2.24. The zero-order valence-electron chi connectivity index (χ0n) is 15.3. The second-order valence-corrected chi connectivity index (χ2v) is 10.9. The maximum absolute atomic E-state index is 13.0. The van der Waals surface area contributed by atoms with Gasteiger partial charge in [-0.1, -0.05) is 47.6 Å². The molecule has 2 aliphatic heterocycles. The minimum Gasteiger partial charge on any atom is -0.342 e. The van der Waals surface area contributed by atoms with Gasteiger partial charge < -0.3 is 4.90 Å². The molecule has 5 nitrogen and oxygen atoms in total. The molecule has 0 unspecified atom stereocenters. The van der Waals surface area contributed by atoms with E-state index in [-0.39, 0.29) is 40.9 Å². The number of carbonyl (C=O) groups is 1. The highest BCUT2D eigenvalue weighted by atomic mass is 35.5. The summed E-state index contributed by atoms with van der Waals surface area (Å²) in [5, 5.41) is 1.02. The summed E-state index contributed by atoms with van der Waals surface area (Å²) in [6.07, 6.45) is 0.0623. The summed E-state index contributed by atoms with van der Waals surface area (Å²) in [6, 6.07) is 12.8. The van der Waals surface area contributed by atoms with E-state index in [1.54, 1.807) is 24.3 Å². The number of hydrogen-bond acceptors (Lipinski definition) is 4. The third kappa shape index (κ3) is 4.82. The fourth-order valence-electron chi connectivity index (χ4n) is 3.53. The largest absolute Gasteiger partial charge is 0.342 e. The number of sulfone groups is 1. The van der Waals surface area contributed by atoms with Gasteiger partial charge in [-0.25, -0.2) is 12.8 Å². The van der Waals surface area contributed by atoms with E-state index in [1.807, 2.05) is 17.0 Å². The second-order valence-electron chi connectivity index (χ2n) is 7.15. The van der Waals surface area contributed by atoms with Gasteiger partial charge in [0, 0.05) is 16.8 Å². The molecule has 2 fully saturated rings. The van der Waals surface area contributed by atoms with Gasteiger partial charge in [-0.3, -0.25) is 4.79 Å². The van der Waals surface area contributed by atoms with E-state index in [0.717, 1.165) is 5.56 Å². The van der Waals surface area contributed by atoms with Gasteiger partial charge in [0.2, 0.25) is 0 Å². The average molecular weight is 453 g/mol. The van der Waals surface area contributed by atoms with Gasteiger partial charge in [-0.05, 0) is 35.4 Å². The molecule has 2 atom stereocenters. The minimum atomic E-state index is -3.10. The first kappa shape index (κ1) is 20.4. The van der Waals surface area contributed by atoms with Crippen molar-refractivity contribution in [3.63, 3.8) is 0 Å². The van der Waals surface area contributed by atoms with E-state index < -0.39 is 9.84 Å². The van der Waals surface area contributed by atoms with Crippen molar-refractivity contribution in [2.45, 2.75) is 24.3 Å². The van der Waals surface area contributed by atoms with Crippen LogP contribution in [-0.2, 0) is 27.6 Å². The standard InChI is InChI=1S/C20H18ClFN2O3S2/c21-15-5-1-14(2-6-15)10-24-17-11-29(26,27)12-18(17)28-20(24)23-19(25)9-13-3-7-16(22)8-4-13/h1-8,17-18H,9-12H2/t17-,18-/m0/s1. The number of thioether (sulfide) groups is 1. The number of aliphatic imine (C=N–C) groups is 1. The molecule has 2 aromatic carbocycles. The van der Waals surface area contributed by atoms with Crippen LogP contribution < -0.4 is 0 Å². The molecule has 2 aromatic rings. The summed E-state index contributed by atoms with van der Waals surface area (Å²) in [7, 11) is -3.10. The van der Waals surface area contributed by atoms with Crippen LogP contribution >= 0.6 is 23.4 Å². The van der Waals surface area contributed by atoms with E-state index >= 15 is 0 Å². The number of nitrogens with zero attached hydrogens (tertiary/aromatic N) is 2. The Hall–Kier alpha value is -1.90. The summed E-state index contributed by atoms with van der Waals surface area (Å²) < 4.78 is 37.2. The topological polar surface area (TPSA) is 66.8 Å². The smallest absolute Gasteiger partial charge is 0.252 e. The summed E-state index contributed by atoms with van der Waals surface area (Å²) in [6.45, 7) is 0.448. The Morgan fingerprint density at radius 3 is 2.45 bits per heavy atom. The van der Waals surface area contributed by atoms with E-state index in [9.17, 15) is 17.6 Å². The molecule has 4 rings (SSSR count). The summed E-state index contributed by atoms with van der Waals surface area (Å²) in [5.74, 6) is -0.557. The molecule has 2 aliphatic rings. The first-order chi connectivity index (χ1) is 13.8. The van der Waals surface area contributed by atoms with Gasteiger partial charge in [-0.2, -0.15) is 4.99 Å². The van der Waals surface area contributed by atoms with Gasteiger partial charge in [-0.15, -0.1) is 0 Å². The molecule has 29 heavy (non-hydrogen) atoms. The van der Waals surface area contributed by atoms with Gasteiger partial charge in [0.25, 0.3) is 5.91 Å². The Balaban J connectivity index is 1.56. The van der Waals surface area contributed by atoms with Crippen molar-refractivity contribution < 1.29 is 17.6 Å². The van der Waals surface area contributed by atoms with Gasteiger partial charge in [0.1, 0.15) is 5.82 Å². The van der Waals surface area contributed by atoms with Crippen LogP contribution in [0.25, 0.3) is 0 Å². The number of halogens is 2. The van der Waals surface area contributed by atoms with Crippen LogP contribution in [0.3, 0.4) is 0 Å². The maximum atomic E-state index is 13.0. The summed E-state index contributed by atoms with van der Waals surface area (Å²) >= 11 is 7.30. The van der Waals surface area contributed by atoms with Crippen LogP contribution in [-0.4, -0.2) is 47.2 Å². The van der Waals surface area contributed by atoms with Crippen LogP contribution in [0.4, 0.5) is 4.39 Å². The lowest BCUT2D eigenvalue weighted by atomic mass is 10.1. The van der Waals surface area contributed by atoms with Gasteiger partial charge >= 0.3 is 0 Å². The van der Waals surface area contributed by atoms with Crippen molar-refractivity contribution in [2.24, 2.45) is 4.99 Å². The fourth-order valence-corrected chi connectivity index (χ4v) is 7.62. The normalized spacial score (nSPS) is 24.1. The van der Waals surface area contributed by atoms with Crippen LogP contribution in [0.15, 0.2) is 53.5 Å². The van der Waals surface area contributed by atoms with Crippen molar-refractivity contribution >= 4 is 44.3 Å². The highest BCUT2D eigenvalue weighted by Gasteiger charge is 2.48. The Morgan fingerprint density at radius 1 is 1.10 bits per heavy atom. The third-order valence-corrected chi connectivity index (χ3v) is 8.43. The molecule has 9 heteroatoms. The Morgan fingerprint density at radius 2 is 1.76 bits per heavy atom. The number of amides is 1. The molecule has 0 aromatic heterocycles. The number of amidine groups is 1. The molecule has 0 radical (unpaired) electrons. The van der Waals surface area contributed by atoms with Crippen molar-refractivity contribution in [1.29, 1.82) is 0 Å². The fraction of sp³-hybridized carbons (Fsp3) is 0.300. The number of fused-ring (bicyclic) bond motifs is 1. The predicted molar refractivity (Wildman–Crippen MR) is 113 cm³/mol. The zero-order chi connectivity index (χ0) is 20.6. The number of rotatable bonds is 4. The number of carbonyl (C=O) groups excluding carboxylic acids is 1. The van der Waals surface area contributed by atoms with Crippen molar-refractivity contribution in [3.05, 3.63) is 70.5 Å². The molecule has 0 spiro atoms. The predicted octanol–water partition coefficient (Wildman–Crippen LogP) is 3.32. The third-order valence-electron chi connectivity index (χ3n) is 4.93. The first-order valence-corrected chi connectivity index (χ1v) is 12.1. The van der Waals surface area contributed by atoms with Crippen LogP contribution in [0, 0.1) is 5.82 Å². The van der Waals surface area contributed by atoms with Crippen LogP contribution in [0.1, 0.15) is 11.1 Å². The Bertz CT molecular complexity index is 1060. The maximum Gasteiger partial charge on any atom is 0.252 e. The van der Waals surface area contributed by atoms with E-state index in [0.29, 0.717) is 22.3 Å². The van der Waals surface area contributed by atoms with Crippen molar-refractivity contribution in [3.8, 4) is 0 Å². The average Bonchev–Trinajstić information content (AvgIpc) is 3.11. The Labute approximate surface area is 177 Å². The quantitative estimate of drug-likeness (QED) is 0.712. The lowest BCUT2D eigenvalue weighted by Crippen LogP contribution is -2.37. The van der Waals surface area contributed by atoms with Crippen LogP contribution in [0.5, 0.6) is 0 Å². The van der Waals surface area contributed by atoms with Crippen LogP contribution in [0.2, 0.25) is 5.02 Å². The van der Waals surface area contributed by atoms with E-state index in [1.165, 1.54) is 23.9 Å². The van der Waals surface area contributed by atoms with Gasteiger partial charge in [0.15, 0.2) is 15.0 Å². The molecular weight excluding hydrogens is 435 g/mol. The van der Waals surface area contributed by atoms with E-state index in [2.05, 4.69) is 4.99 Å². The second kappa shape index (κ2) is 8.08. The monoisotopic (exact) mass is 452 g/mol. The molecule has 1 amide bonds. The highest BCUT2D eigenvalue weighted by Crippen LogP contribution is 2.39.